The van der Waals surface area contributed by atoms with E-state index in [9.17, 15) is 19.5 Å². The maximum absolute atomic E-state index is 11.4. The molecule has 0 radical (unpaired) electrons. The summed E-state index contributed by atoms with van der Waals surface area (Å²) in [4.78, 5) is 18.5. The molecule has 0 spiro atoms. The van der Waals surface area contributed by atoms with Crippen LogP contribution in [0.2, 0.25) is 0 Å². The number of benzene rings is 2. The van der Waals surface area contributed by atoms with E-state index in [4.69, 9.17) is 14.0 Å². The lowest BCUT2D eigenvalue weighted by Crippen LogP contribution is -2.46. The molecule has 1 aliphatic rings. The normalized spacial score (nSPS) is 20.4. The SMILES string of the molecule is CC(Cc1ccc(O)cc1)NC[C@H]1Oc2ccccc2OCC1OP(=O)(O)O. The van der Waals surface area contributed by atoms with Gasteiger partial charge in [-0.15, -0.1) is 0 Å². The Morgan fingerprint density at radius 3 is 2.54 bits per heavy atom. The fourth-order valence-corrected chi connectivity index (χ4v) is 3.56. The summed E-state index contributed by atoms with van der Waals surface area (Å²) in [7, 11) is -4.70. The van der Waals surface area contributed by atoms with Crippen molar-refractivity contribution in [3.05, 3.63) is 54.1 Å². The van der Waals surface area contributed by atoms with Crippen LogP contribution in [-0.4, -0.2) is 46.3 Å². The molecule has 3 atom stereocenters. The van der Waals surface area contributed by atoms with E-state index in [2.05, 4.69) is 5.32 Å². The lowest BCUT2D eigenvalue weighted by atomic mass is 10.1. The first kappa shape index (κ1) is 20.6. The number of rotatable bonds is 7. The third-order valence-corrected chi connectivity index (χ3v) is 4.91. The Bertz CT molecular complexity index is 823. The van der Waals surface area contributed by atoms with Gasteiger partial charge in [0.05, 0.1) is 0 Å². The molecule has 4 N–H and O–H groups in total. The van der Waals surface area contributed by atoms with E-state index in [1.807, 2.05) is 19.1 Å². The highest BCUT2D eigenvalue weighted by Gasteiger charge is 2.34. The molecule has 0 aromatic heterocycles. The van der Waals surface area contributed by atoms with Gasteiger partial charge < -0.3 is 29.7 Å². The number of phenolic OH excluding ortho intramolecular Hbond substituents is 1. The number of nitrogens with one attached hydrogen (secondary N) is 1. The molecule has 1 aliphatic heterocycles. The highest BCUT2D eigenvalue weighted by molar-refractivity contribution is 7.46. The number of para-hydroxylation sites is 2. The fourth-order valence-electron chi connectivity index (χ4n) is 3.01. The average molecular weight is 409 g/mol. The summed E-state index contributed by atoms with van der Waals surface area (Å²) in [5, 5.41) is 12.7. The topological polar surface area (TPSA) is 117 Å². The Kier molecular flexibility index (Phi) is 6.59. The lowest BCUT2D eigenvalue weighted by molar-refractivity contribution is 0.0188. The van der Waals surface area contributed by atoms with Gasteiger partial charge in [-0.1, -0.05) is 24.3 Å². The lowest BCUT2D eigenvalue weighted by Gasteiger charge is -2.26. The van der Waals surface area contributed by atoms with Crippen LogP contribution in [-0.2, 0) is 15.5 Å². The van der Waals surface area contributed by atoms with E-state index in [0.717, 1.165) is 5.56 Å². The third kappa shape index (κ3) is 5.95. The predicted octanol–water partition coefficient (Wildman–Crippen LogP) is 2.23. The van der Waals surface area contributed by atoms with Crippen LogP contribution < -0.4 is 14.8 Å². The Balaban J connectivity index is 1.66. The van der Waals surface area contributed by atoms with Gasteiger partial charge >= 0.3 is 7.82 Å². The minimum atomic E-state index is -4.70. The van der Waals surface area contributed by atoms with E-state index in [-0.39, 0.29) is 18.4 Å². The van der Waals surface area contributed by atoms with Gasteiger partial charge in [-0.25, -0.2) is 4.57 Å². The van der Waals surface area contributed by atoms with E-state index >= 15 is 0 Å². The summed E-state index contributed by atoms with van der Waals surface area (Å²) < 4.78 is 27.8. The first-order valence-corrected chi connectivity index (χ1v) is 10.5. The van der Waals surface area contributed by atoms with Crippen molar-refractivity contribution in [1.29, 1.82) is 0 Å². The number of phosphoric acid groups is 1. The van der Waals surface area contributed by atoms with Gasteiger partial charge in [-0.2, -0.15) is 0 Å². The van der Waals surface area contributed by atoms with Gasteiger partial charge in [-0.3, -0.25) is 4.52 Å². The molecular weight excluding hydrogens is 385 g/mol. The zero-order valence-electron chi connectivity index (χ0n) is 15.4. The smallest absolute Gasteiger partial charge is 0.470 e. The molecule has 9 heteroatoms. The number of phosphoric ester groups is 1. The maximum atomic E-state index is 11.4. The second-order valence-corrected chi connectivity index (χ2v) is 7.92. The molecular formula is C19H24NO7P. The average Bonchev–Trinajstić information content (AvgIpc) is 2.80. The molecule has 0 aliphatic carbocycles. The maximum Gasteiger partial charge on any atom is 0.470 e. The number of hydrogen-bond donors (Lipinski definition) is 4. The predicted molar refractivity (Wildman–Crippen MR) is 103 cm³/mol. The highest BCUT2D eigenvalue weighted by Crippen LogP contribution is 2.40. The first-order chi connectivity index (χ1) is 13.3. The highest BCUT2D eigenvalue weighted by atomic mass is 31.2. The zero-order valence-corrected chi connectivity index (χ0v) is 16.3. The van der Waals surface area contributed by atoms with Crippen molar-refractivity contribution in [2.75, 3.05) is 13.2 Å². The van der Waals surface area contributed by atoms with Crippen LogP contribution in [0.4, 0.5) is 0 Å². The number of ether oxygens (including phenoxy) is 2. The van der Waals surface area contributed by atoms with Crippen molar-refractivity contribution in [2.24, 2.45) is 0 Å². The van der Waals surface area contributed by atoms with Gasteiger partial charge in [0.2, 0.25) is 0 Å². The van der Waals surface area contributed by atoms with Gasteiger partial charge in [0.1, 0.15) is 24.6 Å². The summed E-state index contributed by atoms with van der Waals surface area (Å²) in [6.07, 6.45) is -0.885. The van der Waals surface area contributed by atoms with E-state index in [1.54, 1.807) is 36.4 Å². The number of aromatic hydroxyl groups is 1. The van der Waals surface area contributed by atoms with Gasteiger partial charge in [-0.05, 0) is 43.2 Å². The summed E-state index contributed by atoms with van der Waals surface area (Å²) >= 11 is 0. The second kappa shape index (κ2) is 8.94. The molecule has 0 fully saturated rings. The van der Waals surface area contributed by atoms with Crippen molar-refractivity contribution in [3.63, 3.8) is 0 Å². The zero-order chi connectivity index (χ0) is 20.1. The van der Waals surface area contributed by atoms with Crippen LogP contribution in [0, 0.1) is 0 Å². The van der Waals surface area contributed by atoms with Crippen LogP contribution in [0.3, 0.4) is 0 Å². The molecule has 152 valence electrons. The van der Waals surface area contributed by atoms with Crippen LogP contribution in [0.1, 0.15) is 12.5 Å². The Labute approximate surface area is 163 Å². The molecule has 0 saturated heterocycles. The summed E-state index contributed by atoms with van der Waals surface area (Å²) in [5.41, 5.74) is 1.05. The largest absolute Gasteiger partial charge is 0.508 e. The van der Waals surface area contributed by atoms with E-state index in [0.29, 0.717) is 24.5 Å². The van der Waals surface area contributed by atoms with Crippen molar-refractivity contribution in [1.82, 2.24) is 5.32 Å². The van der Waals surface area contributed by atoms with Gasteiger partial charge in [0.25, 0.3) is 0 Å². The molecule has 8 nitrogen and oxygen atoms in total. The molecule has 2 aromatic carbocycles. The fraction of sp³-hybridized carbons (Fsp3) is 0.368. The Morgan fingerprint density at radius 1 is 1.18 bits per heavy atom. The van der Waals surface area contributed by atoms with E-state index in [1.165, 1.54) is 0 Å². The minimum absolute atomic E-state index is 0.0409. The molecule has 0 bridgehead atoms. The number of phenols is 1. The summed E-state index contributed by atoms with van der Waals surface area (Å²) in [5.74, 6) is 1.21. The third-order valence-electron chi connectivity index (χ3n) is 4.36. The minimum Gasteiger partial charge on any atom is -0.508 e. The van der Waals surface area contributed by atoms with Crippen molar-refractivity contribution >= 4 is 7.82 Å². The molecule has 2 unspecified atom stereocenters. The summed E-state index contributed by atoms with van der Waals surface area (Å²) in [6, 6.07) is 14.1. The van der Waals surface area contributed by atoms with Crippen LogP contribution in [0.15, 0.2) is 48.5 Å². The Hall–Kier alpha value is -2.09. The standard InChI is InChI=1S/C19H24NO7P/c1-13(10-14-6-8-15(21)9-7-14)20-11-18-19(27-28(22,23)24)12-25-16-4-2-3-5-17(16)26-18/h2-9,13,18-21H,10-12H2,1H3,(H2,22,23,24)/t13?,18-,19?/m1/s1. The number of fused-ring (bicyclic) bond motifs is 1. The van der Waals surface area contributed by atoms with Crippen LogP contribution >= 0.6 is 7.82 Å². The number of hydrogen-bond acceptors (Lipinski definition) is 6. The molecule has 28 heavy (non-hydrogen) atoms. The summed E-state index contributed by atoms with van der Waals surface area (Å²) in [6.45, 7) is 2.26. The first-order valence-electron chi connectivity index (χ1n) is 8.94. The second-order valence-electron chi connectivity index (χ2n) is 6.73. The van der Waals surface area contributed by atoms with Crippen molar-refractivity contribution in [2.45, 2.75) is 31.6 Å². The van der Waals surface area contributed by atoms with Gasteiger partial charge in [0, 0.05) is 12.6 Å². The van der Waals surface area contributed by atoms with Crippen molar-refractivity contribution < 1.29 is 33.5 Å². The Morgan fingerprint density at radius 2 is 1.86 bits per heavy atom. The molecule has 2 aromatic rings. The van der Waals surface area contributed by atoms with Gasteiger partial charge in [0.15, 0.2) is 11.5 Å². The van der Waals surface area contributed by atoms with E-state index < -0.39 is 20.0 Å². The molecule has 3 rings (SSSR count). The molecule has 0 amide bonds. The van der Waals surface area contributed by atoms with Crippen molar-refractivity contribution in [3.8, 4) is 17.2 Å². The molecule has 1 heterocycles. The van der Waals surface area contributed by atoms with Crippen LogP contribution in [0.5, 0.6) is 17.2 Å². The monoisotopic (exact) mass is 409 g/mol. The molecule has 0 saturated carbocycles. The van der Waals surface area contributed by atoms with Crippen LogP contribution in [0.25, 0.3) is 0 Å². The quantitative estimate of drug-likeness (QED) is 0.515.